The first-order valence-corrected chi connectivity index (χ1v) is 14.9. The molecule has 4 unspecified atom stereocenters. The van der Waals surface area contributed by atoms with E-state index >= 15 is 0 Å². The minimum absolute atomic E-state index is 0.624. The second-order valence-corrected chi connectivity index (χ2v) is 12.7. The molecule has 0 radical (unpaired) electrons. The summed E-state index contributed by atoms with van der Waals surface area (Å²) < 4.78 is 5.27. The predicted molar refractivity (Wildman–Crippen MR) is 158 cm³/mol. The van der Waals surface area contributed by atoms with Crippen LogP contribution in [0.5, 0.6) is 0 Å². The molecule has 38 heavy (non-hydrogen) atoms. The largest absolute Gasteiger partial charge is 0.340 e. The maximum Gasteiger partial charge on any atom is 0.0491 e. The van der Waals surface area contributed by atoms with Gasteiger partial charge in [0.25, 0.3) is 0 Å². The number of aryl methyl sites for hydroxylation is 2. The molecule has 10 aliphatic rings. The summed E-state index contributed by atoms with van der Waals surface area (Å²) in [6.07, 6.45) is 7.58. The van der Waals surface area contributed by atoms with Crippen LogP contribution in [-0.2, 0) is 13.1 Å². The zero-order valence-corrected chi connectivity index (χ0v) is 21.8. The lowest BCUT2D eigenvalue weighted by atomic mass is 9.66. The summed E-state index contributed by atoms with van der Waals surface area (Å²) in [4.78, 5) is 0. The predicted octanol–water partition coefficient (Wildman–Crippen LogP) is 9.33. The standard InChI is InChI=1S/C36H32N2/c1-2-16-38-35-13-5-23-19-31(35)32-20-24(6-14-36(32)38)28-10-8-26(28)22-4-12-34-30(18-22)29-17-21(25-7-9-27(23)25)3-11-33(29)37(34)15-1/h3-6,11-14,17-20,25-28H,1-2,7-10,15-16H2. The Morgan fingerprint density at radius 3 is 0.947 bits per heavy atom. The molecule has 3 aliphatic carbocycles. The van der Waals surface area contributed by atoms with Gasteiger partial charge in [-0.15, -0.1) is 0 Å². The van der Waals surface area contributed by atoms with Crippen LogP contribution in [-0.4, -0.2) is 9.13 Å². The maximum absolute atomic E-state index is 2.63. The highest BCUT2D eigenvalue weighted by atomic mass is 15.0. The van der Waals surface area contributed by atoms with Gasteiger partial charge in [-0.1, -0.05) is 24.3 Å². The van der Waals surface area contributed by atoms with Gasteiger partial charge in [0.15, 0.2) is 0 Å². The minimum atomic E-state index is 0.624. The second-order valence-electron chi connectivity index (χ2n) is 12.7. The number of rotatable bonds is 0. The number of nitrogens with zero attached hydrogens (tertiary/aromatic N) is 2. The zero-order chi connectivity index (χ0) is 24.5. The summed E-state index contributed by atoms with van der Waals surface area (Å²) in [6, 6.07) is 30.0. The van der Waals surface area contributed by atoms with Crippen LogP contribution < -0.4 is 0 Å². The van der Waals surface area contributed by atoms with Gasteiger partial charge in [-0.25, -0.2) is 0 Å². The molecule has 2 fully saturated rings. The molecular weight excluding hydrogens is 460 g/mol. The highest BCUT2D eigenvalue weighted by Crippen LogP contribution is 2.53. The van der Waals surface area contributed by atoms with Crippen LogP contribution >= 0.6 is 0 Å². The van der Waals surface area contributed by atoms with Crippen LogP contribution in [0.15, 0.2) is 72.8 Å². The SMILES string of the molecule is c1cc2c3cc1C1CCC1c1ccc4c(c1)c1cc5ccc1n4CCCCn2c1ccc(cc31)C1CCC51. The van der Waals surface area contributed by atoms with Gasteiger partial charge in [0.05, 0.1) is 0 Å². The third kappa shape index (κ3) is 2.50. The molecule has 2 saturated carbocycles. The molecule has 186 valence electrons. The van der Waals surface area contributed by atoms with Gasteiger partial charge >= 0.3 is 0 Å². The molecular formula is C36H32N2. The molecule has 14 bridgehead atoms. The van der Waals surface area contributed by atoms with Crippen molar-refractivity contribution in [1.29, 1.82) is 0 Å². The number of aromatic nitrogens is 2. The molecule has 0 saturated heterocycles. The molecule has 2 heteroatoms. The van der Waals surface area contributed by atoms with Crippen LogP contribution in [0.4, 0.5) is 0 Å². The van der Waals surface area contributed by atoms with E-state index in [9.17, 15) is 0 Å². The molecule has 0 N–H and O–H groups in total. The fraction of sp³-hybridized carbons (Fsp3) is 0.333. The van der Waals surface area contributed by atoms with E-state index in [2.05, 4.69) is 81.9 Å². The van der Waals surface area contributed by atoms with Gasteiger partial charge in [0, 0.05) is 56.7 Å². The van der Waals surface area contributed by atoms with Crippen molar-refractivity contribution in [2.75, 3.05) is 0 Å². The average Bonchev–Trinajstić information content (AvgIpc) is 3.36. The quantitative estimate of drug-likeness (QED) is 0.200. The topological polar surface area (TPSA) is 9.86 Å². The van der Waals surface area contributed by atoms with E-state index in [0.29, 0.717) is 23.7 Å². The van der Waals surface area contributed by atoms with Gasteiger partial charge in [-0.3, -0.25) is 0 Å². The Morgan fingerprint density at radius 1 is 0.395 bits per heavy atom. The summed E-state index contributed by atoms with van der Waals surface area (Å²) in [6.45, 7) is 2.17. The van der Waals surface area contributed by atoms with Gasteiger partial charge in [0.2, 0.25) is 0 Å². The Hall–Kier alpha value is -3.52. The molecule has 4 atom stereocenters. The van der Waals surface area contributed by atoms with Crippen LogP contribution in [0.2, 0.25) is 0 Å². The van der Waals surface area contributed by atoms with E-state index in [1.165, 1.54) is 82.1 Å². The Bertz CT molecular complexity index is 1690. The molecule has 0 amide bonds. The van der Waals surface area contributed by atoms with E-state index in [0.717, 1.165) is 13.1 Å². The summed E-state index contributed by atoms with van der Waals surface area (Å²) in [5, 5.41) is 5.92. The first-order valence-electron chi connectivity index (χ1n) is 14.9. The van der Waals surface area contributed by atoms with Crippen molar-refractivity contribution < 1.29 is 0 Å². The number of fused-ring (bicyclic) bond motifs is 1. The van der Waals surface area contributed by atoms with Crippen molar-refractivity contribution in [3.05, 3.63) is 95.1 Å². The third-order valence-corrected chi connectivity index (χ3v) is 11.1. The summed E-state index contributed by atoms with van der Waals surface area (Å²) in [5.74, 6) is 2.50. The molecule has 2 aromatic heterocycles. The van der Waals surface area contributed by atoms with E-state index < -0.39 is 0 Å². The first kappa shape index (κ1) is 20.4. The van der Waals surface area contributed by atoms with Gasteiger partial charge in [0.1, 0.15) is 0 Å². The summed E-state index contributed by atoms with van der Waals surface area (Å²) in [5.41, 5.74) is 11.9. The van der Waals surface area contributed by atoms with Gasteiger partial charge < -0.3 is 9.13 Å². The lowest BCUT2D eigenvalue weighted by molar-refractivity contribution is 0.347. The van der Waals surface area contributed by atoms with Crippen LogP contribution in [0.1, 0.15) is 84.5 Å². The molecule has 6 aromatic rings. The normalized spacial score (nSPS) is 25.6. The molecule has 2 nitrogen and oxygen atoms in total. The number of hydrogen-bond donors (Lipinski definition) is 0. The molecule has 7 aliphatic heterocycles. The monoisotopic (exact) mass is 492 g/mol. The van der Waals surface area contributed by atoms with Gasteiger partial charge in [-0.05, 0) is 133 Å². The molecule has 9 heterocycles. The lowest BCUT2D eigenvalue weighted by Gasteiger charge is -2.38. The second kappa shape index (κ2) is 7.11. The van der Waals surface area contributed by atoms with Crippen LogP contribution in [0, 0.1) is 0 Å². The van der Waals surface area contributed by atoms with Crippen molar-refractivity contribution in [3.8, 4) is 0 Å². The van der Waals surface area contributed by atoms with E-state index in [1.54, 1.807) is 22.3 Å². The van der Waals surface area contributed by atoms with Crippen molar-refractivity contribution in [1.82, 2.24) is 9.13 Å². The summed E-state index contributed by atoms with van der Waals surface area (Å²) in [7, 11) is 0. The van der Waals surface area contributed by atoms with Crippen LogP contribution in [0.3, 0.4) is 0 Å². The lowest BCUT2D eigenvalue weighted by Crippen LogP contribution is -2.22. The van der Waals surface area contributed by atoms with E-state index in [4.69, 9.17) is 0 Å². The molecule has 16 rings (SSSR count). The molecule has 4 aromatic carbocycles. The molecule has 0 spiro atoms. The number of benzene rings is 4. The Balaban J connectivity index is 1.36. The average molecular weight is 493 g/mol. The summed E-state index contributed by atoms with van der Waals surface area (Å²) >= 11 is 0. The minimum Gasteiger partial charge on any atom is -0.340 e. The Morgan fingerprint density at radius 2 is 0.684 bits per heavy atom. The fourth-order valence-corrected chi connectivity index (χ4v) is 8.82. The maximum atomic E-state index is 2.63. The van der Waals surface area contributed by atoms with Crippen molar-refractivity contribution in [2.24, 2.45) is 0 Å². The third-order valence-electron chi connectivity index (χ3n) is 11.1. The highest BCUT2D eigenvalue weighted by molar-refractivity contribution is 6.09. The Kier molecular flexibility index (Phi) is 3.83. The van der Waals surface area contributed by atoms with E-state index in [1.807, 2.05) is 0 Å². The van der Waals surface area contributed by atoms with Gasteiger partial charge in [-0.2, -0.15) is 0 Å². The number of hydrogen-bond acceptors (Lipinski definition) is 0. The Labute approximate surface area is 222 Å². The van der Waals surface area contributed by atoms with E-state index in [-0.39, 0.29) is 0 Å². The van der Waals surface area contributed by atoms with Crippen LogP contribution in [0.25, 0.3) is 43.6 Å². The fourth-order valence-electron chi connectivity index (χ4n) is 8.82. The van der Waals surface area contributed by atoms with Crippen molar-refractivity contribution in [3.63, 3.8) is 0 Å². The smallest absolute Gasteiger partial charge is 0.0491 e. The first-order chi connectivity index (χ1) is 18.8. The zero-order valence-electron chi connectivity index (χ0n) is 21.8. The van der Waals surface area contributed by atoms with Crippen molar-refractivity contribution in [2.45, 2.75) is 75.3 Å². The van der Waals surface area contributed by atoms with Crippen molar-refractivity contribution >= 4 is 43.6 Å². The highest BCUT2D eigenvalue weighted by Gasteiger charge is 2.36.